The van der Waals surface area contributed by atoms with E-state index in [4.69, 9.17) is 0 Å². The Hall–Kier alpha value is 0.660. The van der Waals surface area contributed by atoms with Crippen molar-refractivity contribution in [3.63, 3.8) is 0 Å². The topological polar surface area (TPSA) is 3.24 Å². The van der Waals surface area contributed by atoms with Gasteiger partial charge in [-0.2, -0.15) is 0 Å². The van der Waals surface area contributed by atoms with Crippen LogP contribution in [0, 0.1) is 5.92 Å². The molecule has 0 N–H and O–H groups in total. The molecule has 0 aliphatic carbocycles. The van der Waals surface area contributed by atoms with Crippen LogP contribution in [0.25, 0.3) is 0 Å². The second-order valence-electron chi connectivity index (χ2n) is 2.71. The third-order valence-corrected chi connectivity index (χ3v) is 2.87. The maximum Gasteiger partial charge on any atom is 0.00755 e. The lowest BCUT2D eigenvalue weighted by Gasteiger charge is -2.06. The van der Waals surface area contributed by atoms with Crippen LogP contribution in [0.5, 0.6) is 0 Å². The van der Waals surface area contributed by atoms with Gasteiger partial charge in [-0.1, -0.05) is 10.8 Å². The van der Waals surface area contributed by atoms with Gasteiger partial charge in [-0.25, -0.2) is 0 Å². The lowest BCUT2D eigenvalue weighted by Crippen LogP contribution is -2.14. The van der Waals surface area contributed by atoms with Gasteiger partial charge in [0, 0.05) is 12.3 Å². The van der Waals surface area contributed by atoms with Crippen molar-refractivity contribution in [3.8, 4) is 0 Å². The highest BCUT2D eigenvalue weighted by atomic mass is 33.1. The fourth-order valence-corrected chi connectivity index (χ4v) is 2.38. The Morgan fingerprint density at radius 3 is 3.00 bits per heavy atom. The highest BCUT2D eigenvalue weighted by Crippen LogP contribution is 2.20. The summed E-state index contributed by atoms with van der Waals surface area (Å²) in [7, 11) is 3.85. The van der Waals surface area contributed by atoms with Crippen molar-refractivity contribution in [2.24, 2.45) is 5.92 Å². The second-order valence-corrected chi connectivity index (χ2v) is 4.08. The minimum atomic E-state index is 0.900. The minimum Gasteiger partial charge on any atom is -0.306 e. The molecule has 1 aliphatic rings. The summed E-state index contributed by atoms with van der Waals surface area (Å²) in [6, 6.07) is 0. The van der Waals surface area contributed by atoms with E-state index in [1.807, 2.05) is 0 Å². The molecule has 1 nitrogen and oxygen atoms in total. The van der Waals surface area contributed by atoms with E-state index >= 15 is 0 Å². The van der Waals surface area contributed by atoms with Gasteiger partial charge in [0.15, 0.2) is 0 Å². The number of rotatable bonds is 2. The molecule has 0 aromatic rings. The van der Waals surface area contributed by atoms with Crippen molar-refractivity contribution in [3.05, 3.63) is 0 Å². The molecule has 0 spiro atoms. The predicted octanol–water partition coefficient (Wildman–Crippen LogP) is 1.52. The van der Waals surface area contributed by atoms with Crippen molar-refractivity contribution in [2.45, 2.75) is 6.42 Å². The average molecular weight is 163 g/mol. The van der Waals surface area contributed by atoms with Gasteiger partial charge in [0.1, 0.15) is 0 Å². The van der Waals surface area contributed by atoms with Gasteiger partial charge >= 0.3 is 0 Å². The van der Waals surface area contributed by atoms with Gasteiger partial charge in [0.2, 0.25) is 0 Å². The molecule has 1 heterocycles. The van der Waals surface area contributed by atoms with Crippen LogP contribution in [-0.2, 0) is 0 Å². The summed E-state index contributed by atoms with van der Waals surface area (Å²) in [6.07, 6.45) is 1.37. The van der Waals surface area contributed by atoms with E-state index in [0.717, 1.165) is 5.92 Å². The minimum absolute atomic E-state index is 0.900. The van der Waals surface area contributed by atoms with Crippen LogP contribution in [0.1, 0.15) is 6.42 Å². The molecule has 0 bridgehead atoms. The van der Waals surface area contributed by atoms with Crippen LogP contribution >= 0.6 is 22.5 Å². The molecule has 3 heteroatoms. The molecule has 0 radical (unpaired) electrons. The van der Waals surface area contributed by atoms with E-state index in [9.17, 15) is 0 Å². The van der Waals surface area contributed by atoms with Crippen LogP contribution in [0.15, 0.2) is 0 Å². The van der Waals surface area contributed by atoms with E-state index in [2.05, 4.69) is 23.6 Å². The Morgan fingerprint density at radius 1 is 1.78 bits per heavy atom. The van der Waals surface area contributed by atoms with Crippen LogP contribution < -0.4 is 0 Å². The molecule has 0 amide bonds. The molecule has 1 fully saturated rings. The zero-order valence-corrected chi connectivity index (χ0v) is 7.42. The molecule has 0 saturated carbocycles. The van der Waals surface area contributed by atoms with Crippen LogP contribution in [0.2, 0.25) is 0 Å². The molecular formula is C6H13NS2. The zero-order chi connectivity index (χ0) is 6.69. The highest BCUT2D eigenvalue weighted by Gasteiger charge is 2.18. The van der Waals surface area contributed by atoms with Crippen molar-refractivity contribution < 1.29 is 0 Å². The molecule has 54 valence electrons. The predicted molar refractivity (Wildman–Crippen MR) is 47.0 cm³/mol. The highest BCUT2D eigenvalue weighted by molar-refractivity contribution is 8.68. The summed E-state index contributed by atoms with van der Waals surface area (Å²) in [5, 5.41) is 0. The van der Waals surface area contributed by atoms with Gasteiger partial charge in [-0.3, -0.25) is 0 Å². The van der Waals surface area contributed by atoms with Gasteiger partial charge in [0.25, 0.3) is 0 Å². The number of nitrogens with zero attached hydrogens (tertiary/aromatic N) is 1. The quantitative estimate of drug-likeness (QED) is 0.485. The largest absolute Gasteiger partial charge is 0.306 e. The smallest absolute Gasteiger partial charge is 0.00755 e. The molecule has 9 heavy (non-hydrogen) atoms. The second kappa shape index (κ2) is 3.74. The van der Waals surface area contributed by atoms with Crippen LogP contribution in [0.3, 0.4) is 0 Å². The fraction of sp³-hybridized carbons (Fsp3) is 1.00. The number of thiol groups is 1. The first-order valence-corrected chi connectivity index (χ1v) is 5.31. The van der Waals surface area contributed by atoms with E-state index in [1.54, 1.807) is 10.8 Å². The summed E-state index contributed by atoms with van der Waals surface area (Å²) >= 11 is 4.12. The van der Waals surface area contributed by atoms with E-state index in [-0.39, 0.29) is 0 Å². The molecule has 1 atom stereocenters. The van der Waals surface area contributed by atoms with Gasteiger partial charge < -0.3 is 4.90 Å². The average Bonchev–Trinajstić information content (AvgIpc) is 2.17. The molecule has 1 saturated heterocycles. The first kappa shape index (κ1) is 7.76. The summed E-state index contributed by atoms with van der Waals surface area (Å²) < 4.78 is 0. The SMILES string of the molecule is CN1CCC(CSS)C1. The number of hydrogen-bond acceptors (Lipinski definition) is 3. The molecule has 0 aromatic carbocycles. The fourth-order valence-electron chi connectivity index (χ4n) is 1.27. The van der Waals surface area contributed by atoms with Gasteiger partial charge in [-0.05, 0) is 25.9 Å². The van der Waals surface area contributed by atoms with Gasteiger partial charge in [-0.15, -0.1) is 11.7 Å². The first-order valence-electron chi connectivity index (χ1n) is 3.28. The van der Waals surface area contributed by atoms with Crippen LogP contribution in [-0.4, -0.2) is 30.8 Å². The van der Waals surface area contributed by atoms with E-state index < -0.39 is 0 Å². The van der Waals surface area contributed by atoms with Crippen molar-refractivity contribution >= 4 is 22.5 Å². The summed E-state index contributed by atoms with van der Waals surface area (Å²) in [4.78, 5) is 2.38. The summed E-state index contributed by atoms with van der Waals surface area (Å²) in [5.41, 5.74) is 0. The lowest BCUT2D eigenvalue weighted by atomic mass is 10.2. The Kier molecular flexibility index (Phi) is 3.22. The molecule has 0 aromatic heterocycles. The molecule has 1 aliphatic heterocycles. The monoisotopic (exact) mass is 163 g/mol. The Balaban J connectivity index is 2.14. The number of hydrogen-bond donors (Lipinski definition) is 1. The maximum atomic E-state index is 4.12. The summed E-state index contributed by atoms with van der Waals surface area (Å²) in [5.74, 6) is 2.12. The van der Waals surface area contributed by atoms with Crippen molar-refractivity contribution in [1.29, 1.82) is 0 Å². The zero-order valence-electron chi connectivity index (χ0n) is 5.71. The Labute approximate surface area is 66.0 Å². The molecule has 1 unspecified atom stereocenters. The Morgan fingerprint density at radius 2 is 2.56 bits per heavy atom. The third-order valence-electron chi connectivity index (χ3n) is 1.80. The normalized spacial score (nSPS) is 29.3. The van der Waals surface area contributed by atoms with Crippen molar-refractivity contribution in [1.82, 2.24) is 4.90 Å². The standard InChI is InChI=1S/C6H13NS2/c1-7-3-2-6(4-7)5-9-8/h6,8H,2-5H2,1H3. The lowest BCUT2D eigenvalue weighted by molar-refractivity contribution is 0.403. The van der Waals surface area contributed by atoms with E-state index in [1.165, 1.54) is 25.3 Å². The first-order chi connectivity index (χ1) is 4.33. The van der Waals surface area contributed by atoms with Gasteiger partial charge in [0.05, 0.1) is 0 Å². The molecular weight excluding hydrogens is 150 g/mol. The van der Waals surface area contributed by atoms with E-state index in [0.29, 0.717) is 0 Å². The third kappa shape index (κ3) is 2.40. The van der Waals surface area contributed by atoms with Crippen molar-refractivity contribution in [2.75, 3.05) is 25.9 Å². The van der Waals surface area contributed by atoms with Crippen LogP contribution in [0.4, 0.5) is 0 Å². The Bertz CT molecular complexity index is 85.1. The maximum absolute atomic E-state index is 4.12. The summed E-state index contributed by atoms with van der Waals surface area (Å²) in [6.45, 7) is 2.55. The molecule has 1 rings (SSSR count). The number of likely N-dealkylation sites (tertiary alicyclic amines) is 1.